The maximum atomic E-state index is 5.93. The van der Waals surface area contributed by atoms with Crippen molar-refractivity contribution in [3.63, 3.8) is 0 Å². The lowest BCUT2D eigenvalue weighted by Gasteiger charge is -2.37. The molecule has 0 bridgehead atoms. The summed E-state index contributed by atoms with van der Waals surface area (Å²) in [6, 6.07) is 0. The predicted molar refractivity (Wildman–Crippen MR) is 94.6 cm³/mol. The first kappa shape index (κ1) is 16.9. The van der Waals surface area contributed by atoms with Crippen molar-refractivity contribution >= 4 is 28.4 Å². The monoisotopic (exact) mass is 403 g/mol. The van der Waals surface area contributed by atoms with Gasteiger partial charge in [0, 0.05) is 14.2 Å². The van der Waals surface area contributed by atoms with E-state index in [2.05, 4.69) is 41.8 Å². The summed E-state index contributed by atoms with van der Waals surface area (Å²) in [6.45, 7) is 4.50. The minimum Gasteiger partial charge on any atom is -0.372 e. The highest BCUT2D eigenvalue weighted by Crippen LogP contribution is 2.41. The fraction of sp³-hybridized carbons (Fsp3) is 0.750. The highest BCUT2D eigenvalue weighted by atomic mass is 127. The molecule has 0 saturated heterocycles. The molecule has 118 valence electrons. The number of aromatic nitrogens is 2. The molecule has 0 aromatic carbocycles. The lowest BCUT2D eigenvalue weighted by molar-refractivity contribution is -0.0598. The standard InChI is InChI=1S/C16H26IN3O/c1-5-6-12-13(17)14(18-3)20-15(19-12)16(21-4)9-7-11(2)8-10-16/h11H,5-10H2,1-4H3,(H,18,19,20). The van der Waals surface area contributed by atoms with Gasteiger partial charge in [0.1, 0.15) is 11.4 Å². The maximum absolute atomic E-state index is 5.93. The number of nitrogens with zero attached hydrogens (tertiary/aromatic N) is 2. The molecule has 0 spiro atoms. The fourth-order valence-corrected chi connectivity index (χ4v) is 3.79. The van der Waals surface area contributed by atoms with Gasteiger partial charge in [-0.2, -0.15) is 0 Å². The van der Waals surface area contributed by atoms with Crippen molar-refractivity contribution in [1.82, 2.24) is 9.97 Å². The summed E-state index contributed by atoms with van der Waals surface area (Å²) in [4.78, 5) is 9.65. The Balaban J connectivity index is 2.43. The van der Waals surface area contributed by atoms with E-state index in [1.165, 1.54) is 12.8 Å². The number of hydrogen-bond donors (Lipinski definition) is 1. The number of aryl methyl sites for hydroxylation is 1. The van der Waals surface area contributed by atoms with Crippen molar-refractivity contribution < 1.29 is 4.74 Å². The maximum Gasteiger partial charge on any atom is 0.162 e. The lowest BCUT2D eigenvalue weighted by Crippen LogP contribution is -2.35. The molecule has 4 nitrogen and oxygen atoms in total. The topological polar surface area (TPSA) is 47.0 Å². The van der Waals surface area contributed by atoms with Crippen LogP contribution in [0.25, 0.3) is 0 Å². The third kappa shape index (κ3) is 3.50. The summed E-state index contributed by atoms with van der Waals surface area (Å²) in [7, 11) is 3.72. The highest BCUT2D eigenvalue weighted by molar-refractivity contribution is 14.1. The molecule has 1 aliphatic rings. The molecule has 0 amide bonds. The van der Waals surface area contributed by atoms with Gasteiger partial charge < -0.3 is 10.1 Å². The van der Waals surface area contributed by atoms with E-state index in [4.69, 9.17) is 14.7 Å². The zero-order chi connectivity index (χ0) is 15.5. The van der Waals surface area contributed by atoms with Gasteiger partial charge in [-0.3, -0.25) is 0 Å². The minimum atomic E-state index is -0.301. The average molecular weight is 403 g/mol. The van der Waals surface area contributed by atoms with E-state index in [1.54, 1.807) is 7.11 Å². The van der Waals surface area contributed by atoms with E-state index in [1.807, 2.05) is 7.05 Å². The quantitative estimate of drug-likeness (QED) is 0.752. The first-order chi connectivity index (χ1) is 10.1. The smallest absolute Gasteiger partial charge is 0.162 e. The first-order valence-corrected chi connectivity index (χ1v) is 8.94. The van der Waals surface area contributed by atoms with Crippen LogP contribution in [0.1, 0.15) is 57.5 Å². The van der Waals surface area contributed by atoms with Gasteiger partial charge in [0.15, 0.2) is 5.82 Å². The van der Waals surface area contributed by atoms with Gasteiger partial charge in [-0.05, 0) is 60.6 Å². The van der Waals surface area contributed by atoms with E-state index in [9.17, 15) is 0 Å². The largest absolute Gasteiger partial charge is 0.372 e. The van der Waals surface area contributed by atoms with Crippen molar-refractivity contribution in [2.45, 2.75) is 58.0 Å². The molecule has 0 atom stereocenters. The second kappa shape index (κ2) is 7.22. The van der Waals surface area contributed by atoms with Crippen LogP contribution in [0.15, 0.2) is 0 Å². The molecular formula is C16H26IN3O. The lowest BCUT2D eigenvalue weighted by atomic mass is 9.79. The summed E-state index contributed by atoms with van der Waals surface area (Å²) in [5.74, 6) is 2.57. The Morgan fingerprint density at radius 1 is 1.33 bits per heavy atom. The van der Waals surface area contributed by atoms with Crippen LogP contribution in [-0.4, -0.2) is 24.1 Å². The normalized spacial score (nSPS) is 25.9. The van der Waals surface area contributed by atoms with E-state index in [-0.39, 0.29) is 5.60 Å². The molecule has 1 N–H and O–H groups in total. The number of rotatable bonds is 5. The number of ether oxygens (including phenoxy) is 1. The van der Waals surface area contributed by atoms with Crippen LogP contribution in [0.4, 0.5) is 5.82 Å². The molecular weight excluding hydrogens is 377 g/mol. The zero-order valence-electron chi connectivity index (χ0n) is 13.5. The fourth-order valence-electron chi connectivity index (χ4n) is 3.01. The minimum absolute atomic E-state index is 0.301. The Labute approximate surface area is 141 Å². The molecule has 1 aromatic rings. The molecule has 1 heterocycles. The third-order valence-electron chi connectivity index (χ3n) is 4.52. The second-order valence-electron chi connectivity index (χ2n) is 6.04. The number of halogens is 1. The van der Waals surface area contributed by atoms with E-state index >= 15 is 0 Å². The summed E-state index contributed by atoms with van der Waals surface area (Å²) >= 11 is 2.34. The van der Waals surface area contributed by atoms with Crippen LogP contribution in [0.2, 0.25) is 0 Å². The van der Waals surface area contributed by atoms with Gasteiger partial charge >= 0.3 is 0 Å². The van der Waals surface area contributed by atoms with Crippen LogP contribution < -0.4 is 5.32 Å². The van der Waals surface area contributed by atoms with Gasteiger partial charge in [0.2, 0.25) is 0 Å². The van der Waals surface area contributed by atoms with Crippen molar-refractivity contribution in [2.24, 2.45) is 5.92 Å². The van der Waals surface area contributed by atoms with Crippen LogP contribution >= 0.6 is 22.6 Å². The predicted octanol–water partition coefficient (Wildman–Crippen LogP) is 4.13. The Kier molecular flexibility index (Phi) is 5.82. The summed E-state index contributed by atoms with van der Waals surface area (Å²) in [5.41, 5.74) is 0.841. The molecule has 0 unspecified atom stereocenters. The average Bonchev–Trinajstić information content (AvgIpc) is 2.51. The summed E-state index contributed by atoms with van der Waals surface area (Å²) in [6.07, 6.45) is 6.47. The van der Waals surface area contributed by atoms with Gasteiger partial charge in [-0.15, -0.1) is 0 Å². The Hall–Kier alpha value is -0.430. The number of methoxy groups -OCH3 is 1. The SMILES string of the molecule is CCCc1nc(C2(OC)CCC(C)CC2)nc(NC)c1I. The van der Waals surface area contributed by atoms with Crippen molar-refractivity contribution in [3.8, 4) is 0 Å². The number of nitrogens with one attached hydrogen (secondary N) is 1. The summed E-state index contributed by atoms with van der Waals surface area (Å²) < 4.78 is 7.07. The molecule has 21 heavy (non-hydrogen) atoms. The molecule has 0 radical (unpaired) electrons. The van der Waals surface area contributed by atoms with Crippen molar-refractivity contribution in [3.05, 3.63) is 15.1 Å². The Morgan fingerprint density at radius 2 is 2.00 bits per heavy atom. The summed E-state index contributed by atoms with van der Waals surface area (Å²) in [5, 5.41) is 3.21. The van der Waals surface area contributed by atoms with Gasteiger partial charge in [0.05, 0.1) is 9.26 Å². The van der Waals surface area contributed by atoms with Crippen molar-refractivity contribution in [2.75, 3.05) is 19.5 Å². The number of anilines is 1. The number of hydrogen-bond acceptors (Lipinski definition) is 4. The van der Waals surface area contributed by atoms with Gasteiger partial charge in [0.25, 0.3) is 0 Å². The zero-order valence-corrected chi connectivity index (χ0v) is 15.7. The molecule has 5 heteroatoms. The molecule has 1 fully saturated rings. The van der Waals surface area contributed by atoms with Gasteiger partial charge in [-0.25, -0.2) is 9.97 Å². The highest BCUT2D eigenvalue weighted by Gasteiger charge is 2.39. The molecule has 0 aliphatic heterocycles. The second-order valence-corrected chi connectivity index (χ2v) is 7.12. The van der Waals surface area contributed by atoms with E-state index in [0.29, 0.717) is 0 Å². The molecule has 1 saturated carbocycles. The van der Waals surface area contributed by atoms with Crippen LogP contribution in [0.5, 0.6) is 0 Å². The van der Waals surface area contributed by atoms with Crippen LogP contribution in [0, 0.1) is 9.49 Å². The Morgan fingerprint density at radius 3 is 2.52 bits per heavy atom. The third-order valence-corrected chi connectivity index (χ3v) is 5.66. The molecule has 2 rings (SSSR count). The van der Waals surface area contributed by atoms with Crippen molar-refractivity contribution in [1.29, 1.82) is 0 Å². The Bertz CT molecular complexity index is 485. The van der Waals surface area contributed by atoms with Crippen LogP contribution in [0.3, 0.4) is 0 Å². The van der Waals surface area contributed by atoms with Gasteiger partial charge in [-0.1, -0.05) is 20.3 Å². The van der Waals surface area contributed by atoms with E-state index < -0.39 is 0 Å². The molecule has 1 aliphatic carbocycles. The molecule has 1 aromatic heterocycles. The van der Waals surface area contributed by atoms with E-state index in [0.717, 1.165) is 52.5 Å². The first-order valence-electron chi connectivity index (χ1n) is 7.86. The van der Waals surface area contributed by atoms with Crippen LogP contribution in [-0.2, 0) is 16.8 Å².